The van der Waals surface area contributed by atoms with Crippen LogP contribution in [0.1, 0.15) is 59.7 Å². The second kappa shape index (κ2) is 14.1. The molecule has 0 N–H and O–H groups in total. The topological polar surface area (TPSA) is 54.1 Å². The molecular weight excluding hydrogens is 681 g/mol. The van der Waals surface area contributed by atoms with Crippen molar-refractivity contribution in [3.05, 3.63) is 178 Å². The second-order valence-corrected chi connectivity index (χ2v) is 16.0. The van der Waals surface area contributed by atoms with Gasteiger partial charge < -0.3 is 9.80 Å². The highest BCUT2D eigenvalue weighted by molar-refractivity contribution is 6.24. The van der Waals surface area contributed by atoms with Crippen LogP contribution < -0.4 is 9.80 Å². The van der Waals surface area contributed by atoms with Gasteiger partial charge in [0.2, 0.25) is 0 Å². The van der Waals surface area contributed by atoms with Crippen LogP contribution >= 0.6 is 0 Å². The van der Waals surface area contributed by atoms with E-state index in [4.69, 9.17) is 0 Å². The molecule has 0 radical (unpaired) electrons. The minimum atomic E-state index is -0.0890. The van der Waals surface area contributed by atoms with Crippen molar-refractivity contribution in [2.24, 2.45) is 0 Å². The zero-order valence-electron chi connectivity index (χ0n) is 33.1. The number of rotatable bonds is 6. The van der Waals surface area contributed by atoms with Gasteiger partial charge in [0.05, 0.1) is 34.6 Å². The fourth-order valence-corrected chi connectivity index (χ4v) is 7.81. The van der Waals surface area contributed by atoms with E-state index in [1.54, 1.807) is 0 Å². The van der Waals surface area contributed by atoms with E-state index in [9.17, 15) is 10.5 Å². The van der Waals surface area contributed by atoms with Crippen molar-refractivity contribution in [1.82, 2.24) is 0 Å². The molecule has 0 fully saturated rings. The molecule has 0 heterocycles. The van der Waals surface area contributed by atoms with Crippen molar-refractivity contribution in [2.75, 3.05) is 9.80 Å². The molecule has 0 atom stereocenters. The largest absolute Gasteiger partial charge is 0.310 e. The van der Waals surface area contributed by atoms with Gasteiger partial charge in [-0.2, -0.15) is 10.5 Å². The van der Waals surface area contributed by atoms with Crippen molar-refractivity contribution < 1.29 is 0 Å². The minimum Gasteiger partial charge on any atom is -0.310 e. The first-order chi connectivity index (χ1) is 26.9. The molecule has 8 rings (SSSR count). The molecule has 0 spiro atoms. The lowest BCUT2D eigenvalue weighted by molar-refractivity contribution is 0.591. The van der Waals surface area contributed by atoms with Crippen LogP contribution in [0.4, 0.5) is 34.1 Å². The van der Waals surface area contributed by atoms with Gasteiger partial charge in [-0.05, 0) is 161 Å². The molecule has 0 aromatic heterocycles. The molecule has 4 heteroatoms. The summed E-state index contributed by atoms with van der Waals surface area (Å²) in [5, 5.41) is 26.8. The lowest BCUT2D eigenvalue weighted by atomic mass is 9.84. The molecule has 0 aliphatic rings. The Morgan fingerprint density at radius 1 is 0.393 bits per heavy atom. The second-order valence-electron chi connectivity index (χ2n) is 16.0. The fourth-order valence-electron chi connectivity index (χ4n) is 7.81. The number of nitriles is 2. The maximum absolute atomic E-state index is 10.0. The number of fused-ring (bicyclic) bond motifs is 5. The van der Waals surface area contributed by atoms with E-state index in [0.717, 1.165) is 66.4 Å². The predicted octanol–water partition coefficient (Wildman–Crippen LogP) is 14.4. The van der Waals surface area contributed by atoms with Crippen molar-refractivity contribution in [2.45, 2.75) is 53.9 Å². The molecule has 4 nitrogen and oxygen atoms in total. The summed E-state index contributed by atoms with van der Waals surface area (Å²) in [6.45, 7) is 15.4. The summed E-state index contributed by atoms with van der Waals surface area (Å²) in [6, 6.07) is 54.0. The lowest BCUT2D eigenvalue weighted by Crippen LogP contribution is -2.13. The standard InChI is InChI=1S/C52H44N4/c1-33-18-21-42(24-35(33)3)55(40-14-10-12-37(26-40)31-53)50-30-49-47-28-39(52(5,6)7)20-23-46(47)51(29-48(49)44-16-8-9-17-45(44)50)56(41-15-11-13-38(27-41)32-54)43-22-19-34(2)36(4)25-43/h8-30H,1-7H3. The van der Waals surface area contributed by atoms with Gasteiger partial charge in [-0.15, -0.1) is 0 Å². The molecule has 0 saturated heterocycles. The molecular formula is C52H44N4. The molecule has 8 aromatic rings. The van der Waals surface area contributed by atoms with E-state index in [-0.39, 0.29) is 5.41 Å². The zero-order chi connectivity index (χ0) is 39.3. The molecule has 0 saturated carbocycles. The summed E-state index contributed by atoms with van der Waals surface area (Å²) in [6.07, 6.45) is 0. The van der Waals surface area contributed by atoms with Gasteiger partial charge >= 0.3 is 0 Å². The molecule has 0 aliphatic heterocycles. The highest BCUT2D eigenvalue weighted by atomic mass is 15.2. The Labute approximate surface area is 330 Å². The zero-order valence-corrected chi connectivity index (χ0v) is 33.1. The number of hydrogen-bond acceptors (Lipinski definition) is 4. The Morgan fingerprint density at radius 3 is 1.32 bits per heavy atom. The van der Waals surface area contributed by atoms with Gasteiger partial charge in [0, 0.05) is 33.5 Å². The van der Waals surface area contributed by atoms with E-state index in [2.05, 4.69) is 174 Å². The van der Waals surface area contributed by atoms with Gasteiger partial charge in [-0.25, -0.2) is 0 Å². The van der Waals surface area contributed by atoms with Crippen molar-refractivity contribution >= 4 is 66.4 Å². The summed E-state index contributed by atoms with van der Waals surface area (Å²) in [7, 11) is 0. The molecule has 0 aliphatic carbocycles. The third-order valence-corrected chi connectivity index (χ3v) is 11.2. The first-order valence-corrected chi connectivity index (χ1v) is 19.1. The fraction of sp³-hybridized carbons (Fsp3) is 0.154. The van der Waals surface area contributed by atoms with E-state index >= 15 is 0 Å². The summed E-state index contributed by atoms with van der Waals surface area (Å²) in [5.74, 6) is 0. The van der Waals surface area contributed by atoms with Gasteiger partial charge in [0.25, 0.3) is 0 Å². The van der Waals surface area contributed by atoms with E-state index in [0.29, 0.717) is 11.1 Å². The summed E-state index contributed by atoms with van der Waals surface area (Å²) in [5.41, 5.74) is 13.2. The number of nitrogens with zero attached hydrogens (tertiary/aromatic N) is 4. The van der Waals surface area contributed by atoms with Crippen LogP contribution in [0.5, 0.6) is 0 Å². The molecule has 0 bridgehead atoms. The summed E-state index contributed by atoms with van der Waals surface area (Å²) >= 11 is 0. The van der Waals surface area contributed by atoms with Crippen molar-refractivity contribution in [3.8, 4) is 12.1 Å². The average Bonchev–Trinajstić information content (AvgIpc) is 3.20. The van der Waals surface area contributed by atoms with E-state index < -0.39 is 0 Å². The summed E-state index contributed by atoms with van der Waals surface area (Å²) < 4.78 is 0. The number of hydrogen-bond donors (Lipinski definition) is 0. The van der Waals surface area contributed by atoms with Crippen LogP contribution in [-0.4, -0.2) is 0 Å². The molecule has 272 valence electrons. The quantitative estimate of drug-likeness (QED) is 0.160. The van der Waals surface area contributed by atoms with Gasteiger partial charge in [-0.1, -0.05) is 81.4 Å². The Kier molecular flexibility index (Phi) is 9.08. The maximum atomic E-state index is 10.0. The van der Waals surface area contributed by atoms with Crippen LogP contribution in [0.25, 0.3) is 32.3 Å². The van der Waals surface area contributed by atoms with Crippen LogP contribution in [0.15, 0.2) is 140 Å². The molecule has 0 unspecified atom stereocenters. The smallest absolute Gasteiger partial charge is 0.0992 e. The van der Waals surface area contributed by atoms with Crippen LogP contribution in [0, 0.1) is 50.4 Å². The minimum absolute atomic E-state index is 0.0890. The average molecular weight is 725 g/mol. The van der Waals surface area contributed by atoms with E-state index in [1.807, 2.05) is 36.4 Å². The first-order valence-electron chi connectivity index (χ1n) is 19.1. The SMILES string of the molecule is Cc1ccc(N(c2cccc(C#N)c2)c2cc3c4cc(C(C)(C)C)ccc4c(N(c4cccc(C#N)c4)c4ccc(C)c(C)c4)cc3c3ccccc23)cc1C. The normalized spacial score (nSPS) is 11.4. The Balaban J connectivity index is 1.53. The Bertz CT molecular complexity index is 2930. The first kappa shape index (κ1) is 36.1. The van der Waals surface area contributed by atoms with Crippen molar-refractivity contribution in [3.63, 3.8) is 0 Å². The highest BCUT2D eigenvalue weighted by Crippen LogP contribution is 2.48. The number of aryl methyl sites for hydroxylation is 4. The molecule has 0 amide bonds. The number of benzene rings is 8. The highest BCUT2D eigenvalue weighted by Gasteiger charge is 2.24. The monoisotopic (exact) mass is 724 g/mol. The Hall–Kier alpha value is -6.88. The lowest BCUT2D eigenvalue weighted by Gasteiger charge is -2.31. The van der Waals surface area contributed by atoms with Gasteiger partial charge in [0.15, 0.2) is 0 Å². The molecule has 8 aromatic carbocycles. The number of anilines is 6. The van der Waals surface area contributed by atoms with Gasteiger partial charge in [0.1, 0.15) is 0 Å². The molecule has 56 heavy (non-hydrogen) atoms. The third kappa shape index (κ3) is 6.40. The third-order valence-electron chi connectivity index (χ3n) is 11.2. The maximum Gasteiger partial charge on any atom is 0.0992 e. The van der Waals surface area contributed by atoms with Crippen LogP contribution in [-0.2, 0) is 5.41 Å². The van der Waals surface area contributed by atoms with Crippen LogP contribution in [0.2, 0.25) is 0 Å². The summed E-state index contributed by atoms with van der Waals surface area (Å²) in [4.78, 5) is 4.61. The van der Waals surface area contributed by atoms with Crippen LogP contribution in [0.3, 0.4) is 0 Å². The van der Waals surface area contributed by atoms with Gasteiger partial charge in [-0.3, -0.25) is 0 Å². The predicted molar refractivity (Wildman–Crippen MR) is 235 cm³/mol. The van der Waals surface area contributed by atoms with E-state index in [1.165, 1.54) is 27.8 Å². The Morgan fingerprint density at radius 2 is 0.839 bits per heavy atom. The van der Waals surface area contributed by atoms with Crippen molar-refractivity contribution in [1.29, 1.82) is 10.5 Å².